The number of methoxy groups -OCH3 is 1. The molecule has 5 nitrogen and oxygen atoms in total. The third-order valence-electron chi connectivity index (χ3n) is 3.45. The summed E-state index contributed by atoms with van der Waals surface area (Å²) in [5.74, 6) is 0. The first kappa shape index (κ1) is 14.3. The molecule has 1 saturated heterocycles. The van der Waals surface area contributed by atoms with Gasteiger partial charge in [-0.05, 0) is 26.0 Å². The van der Waals surface area contributed by atoms with Crippen molar-refractivity contribution in [3.63, 3.8) is 0 Å². The Kier molecular flexibility index (Phi) is 4.07. The molecule has 0 unspecified atom stereocenters. The second-order valence-electron chi connectivity index (χ2n) is 5.27. The number of nitrogens with zero attached hydrogens (tertiary/aromatic N) is 3. The lowest BCUT2D eigenvalue weighted by molar-refractivity contribution is -0.00523. The van der Waals surface area contributed by atoms with E-state index in [1.807, 2.05) is 17.6 Å². The lowest BCUT2D eigenvalue weighted by atomic mass is 10.2. The van der Waals surface area contributed by atoms with Gasteiger partial charge in [0, 0.05) is 18.5 Å². The predicted octanol–water partition coefficient (Wildman–Crippen LogP) is 2.83. The minimum atomic E-state index is 0.247. The first-order chi connectivity index (χ1) is 10.2. The summed E-state index contributed by atoms with van der Waals surface area (Å²) in [7, 11) is 1.62. The number of pyridine rings is 1. The van der Waals surface area contributed by atoms with Crippen LogP contribution in [0, 0.1) is 0 Å². The molecule has 1 aliphatic rings. The Labute approximate surface area is 128 Å². The normalized spacial score (nSPS) is 22.3. The first-order valence-electron chi connectivity index (χ1n) is 7.02. The molecule has 0 saturated carbocycles. The highest BCUT2D eigenvalue weighted by molar-refractivity contribution is 7.11. The summed E-state index contributed by atoms with van der Waals surface area (Å²) in [6.45, 7) is 6.00. The van der Waals surface area contributed by atoms with E-state index in [0.29, 0.717) is 5.19 Å². The summed E-state index contributed by atoms with van der Waals surface area (Å²) < 4.78 is 10.9. The molecule has 21 heavy (non-hydrogen) atoms. The van der Waals surface area contributed by atoms with E-state index in [0.717, 1.165) is 30.2 Å². The van der Waals surface area contributed by atoms with Gasteiger partial charge in [-0.15, -0.1) is 0 Å². The highest BCUT2D eigenvalue weighted by atomic mass is 32.1. The topological polar surface area (TPSA) is 47.5 Å². The van der Waals surface area contributed by atoms with Crippen LogP contribution < -0.4 is 9.64 Å². The van der Waals surface area contributed by atoms with Crippen molar-refractivity contribution in [3.05, 3.63) is 23.7 Å². The molecule has 0 N–H and O–H groups in total. The Hall–Kier alpha value is -1.66. The molecule has 0 aliphatic carbocycles. The molecule has 3 rings (SSSR count). The van der Waals surface area contributed by atoms with Crippen molar-refractivity contribution in [2.75, 3.05) is 25.1 Å². The maximum atomic E-state index is 5.76. The van der Waals surface area contributed by atoms with Gasteiger partial charge in [0.15, 0.2) is 0 Å². The second-order valence-corrected chi connectivity index (χ2v) is 6.09. The molecule has 2 aromatic rings. The first-order valence-corrected chi connectivity index (χ1v) is 7.90. The van der Waals surface area contributed by atoms with E-state index in [2.05, 4.69) is 34.8 Å². The number of hydrogen-bond donors (Lipinski definition) is 0. The highest BCUT2D eigenvalue weighted by Crippen LogP contribution is 2.26. The van der Waals surface area contributed by atoms with Gasteiger partial charge in [0.2, 0.25) is 0 Å². The Morgan fingerprint density at radius 3 is 2.57 bits per heavy atom. The Morgan fingerprint density at radius 2 is 2.00 bits per heavy atom. The van der Waals surface area contributed by atoms with Crippen LogP contribution in [0.5, 0.6) is 5.19 Å². The highest BCUT2D eigenvalue weighted by Gasteiger charge is 2.22. The Balaban J connectivity index is 1.77. The van der Waals surface area contributed by atoms with Crippen LogP contribution in [-0.2, 0) is 4.74 Å². The van der Waals surface area contributed by atoms with Gasteiger partial charge in [0.25, 0.3) is 5.19 Å². The number of rotatable bonds is 3. The van der Waals surface area contributed by atoms with Gasteiger partial charge >= 0.3 is 0 Å². The lowest BCUT2D eigenvalue weighted by Crippen LogP contribution is -2.45. The average Bonchev–Trinajstić information content (AvgIpc) is 2.95. The molecule has 6 heteroatoms. The van der Waals surface area contributed by atoms with Crippen molar-refractivity contribution in [1.29, 1.82) is 0 Å². The maximum Gasteiger partial charge on any atom is 0.273 e. The van der Waals surface area contributed by atoms with Crippen molar-refractivity contribution < 1.29 is 9.47 Å². The zero-order valence-corrected chi connectivity index (χ0v) is 13.3. The summed E-state index contributed by atoms with van der Waals surface area (Å²) in [4.78, 5) is 11.2. The average molecular weight is 305 g/mol. The smallest absolute Gasteiger partial charge is 0.273 e. The number of hydrogen-bond acceptors (Lipinski definition) is 6. The van der Waals surface area contributed by atoms with Crippen LogP contribution in [0.2, 0.25) is 0 Å². The van der Waals surface area contributed by atoms with Gasteiger partial charge in [-0.2, -0.15) is 0 Å². The summed E-state index contributed by atoms with van der Waals surface area (Å²) in [6, 6.07) is 4.10. The largest absolute Gasteiger partial charge is 0.473 e. The van der Waals surface area contributed by atoms with Crippen molar-refractivity contribution in [2.45, 2.75) is 26.1 Å². The van der Waals surface area contributed by atoms with Crippen LogP contribution in [0.4, 0.5) is 5.69 Å². The third-order valence-corrected chi connectivity index (χ3v) is 4.25. The molecular formula is C15H19N3O2S. The minimum absolute atomic E-state index is 0.247. The van der Waals surface area contributed by atoms with Gasteiger partial charge in [0.1, 0.15) is 5.69 Å². The molecule has 3 heterocycles. The molecular weight excluding hydrogens is 286 g/mol. The van der Waals surface area contributed by atoms with Gasteiger partial charge in [-0.3, -0.25) is 4.98 Å². The summed E-state index contributed by atoms with van der Waals surface area (Å²) in [6.07, 6.45) is 2.40. The fourth-order valence-corrected chi connectivity index (χ4v) is 3.22. The maximum absolute atomic E-state index is 5.76. The lowest BCUT2D eigenvalue weighted by Gasteiger charge is -2.36. The molecule has 112 valence electrons. The van der Waals surface area contributed by atoms with Crippen molar-refractivity contribution >= 4 is 17.0 Å². The number of thiazole rings is 1. The fourth-order valence-electron chi connectivity index (χ4n) is 2.58. The van der Waals surface area contributed by atoms with Crippen molar-refractivity contribution in [2.24, 2.45) is 0 Å². The van der Waals surface area contributed by atoms with Gasteiger partial charge < -0.3 is 14.4 Å². The Morgan fingerprint density at radius 1 is 1.24 bits per heavy atom. The second kappa shape index (κ2) is 5.99. The van der Waals surface area contributed by atoms with E-state index >= 15 is 0 Å². The number of aromatic nitrogens is 2. The summed E-state index contributed by atoms with van der Waals surface area (Å²) >= 11 is 1.48. The molecule has 0 aromatic carbocycles. The molecule has 2 aromatic heterocycles. The Bertz CT molecular complexity index is 589. The number of morpholine rings is 1. The SMILES string of the molecule is COc1nc(-c2ccc(N3C[C@@H](C)O[C@@H](C)C3)cn2)cs1. The molecule has 1 fully saturated rings. The predicted molar refractivity (Wildman–Crippen MR) is 84.1 cm³/mol. The van der Waals surface area contributed by atoms with Gasteiger partial charge in [0.05, 0.1) is 36.9 Å². The monoisotopic (exact) mass is 305 g/mol. The van der Waals surface area contributed by atoms with E-state index in [9.17, 15) is 0 Å². The van der Waals surface area contributed by atoms with Crippen LogP contribution in [0.25, 0.3) is 11.4 Å². The molecule has 0 bridgehead atoms. The van der Waals surface area contributed by atoms with Crippen molar-refractivity contribution in [1.82, 2.24) is 9.97 Å². The summed E-state index contributed by atoms with van der Waals surface area (Å²) in [5.41, 5.74) is 2.85. The zero-order valence-electron chi connectivity index (χ0n) is 12.4. The van der Waals surface area contributed by atoms with E-state index in [1.54, 1.807) is 7.11 Å². The van der Waals surface area contributed by atoms with Crippen molar-refractivity contribution in [3.8, 4) is 16.6 Å². The van der Waals surface area contributed by atoms with Crippen LogP contribution in [-0.4, -0.2) is 42.4 Å². The van der Waals surface area contributed by atoms with Crippen LogP contribution in [0.3, 0.4) is 0 Å². The minimum Gasteiger partial charge on any atom is -0.473 e. The van der Waals surface area contributed by atoms with Crippen LogP contribution in [0.15, 0.2) is 23.7 Å². The van der Waals surface area contributed by atoms with E-state index in [1.165, 1.54) is 11.3 Å². The van der Waals surface area contributed by atoms with Gasteiger partial charge in [-0.25, -0.2) is 4.98 Å². The zero-order chi connectivity index (χ0) is 14.8. The van der Waals surface area contributed by atoms with E-state index in [-0.39, 0.29) is 12.2 Å². The van der Waals surface area contributed by atoms with Crippen LogP contribution >= 0.6 is 11.3 Å². The van der Waals surface area contributed by atoms with Gasteiger partial charge in [-0.1, -0.05) is 11.3 Å². The molecule has 1 aliphatic heterocycles. The quantitative estimate of drug-likeness (QED) is 0.872. The van der Waals surface area contributed by atoms with E-state index in [4.69, 9.17) is 9.47 Å². The molecule has 2 atom stereocenters. The standard InChI is InChI=1S/C15H19N3O2S/c1-10-7-18(8-11(2)20-10)12-4-5-13(16-6-12)14-9-21-15(17-14)19-3/h4-6,9-11H,7-8H2,1-3H3/t10-,11+. The molecule has 0 spiro atoms. The molecule has 0 amide bonds. The molecule has 0 radical (unpaired) electrons. The summed E-state index contributed by atoms with van der Waals surface area (Å²) in [5, 5.41) is 2.62. The van der Waals surface area contributed by atoms with E-state index < -0.39 is 0 Å². The number of anilines is 1. The number of ether oxygens (including phenoxy) is 2. The van der Waals surface area contributed by atoms with Crippen LogP contribution in [0.1, 0.15) is 13.8 Å². The third kappa shape index (κ3) is 3.16. The fraction of sp³-hybridized carbons (Fsp3) is 0.467.